The number of rotatable bonds is 3. The molecule has 0 unspecified atom stereocenters. The van der Waals surface area contributed by atoms with E-state index >= 15 is 0 Å². The van der Waals surface area contributed by atoms with E-state index in [2.05, 4.69) is 9.97 Å². The van der Waals surface area contributed by atoms with Crippen molar-refractivity contribution in [2.75, 3.05) is 0 Å². The molecule has 0 spiro atoms. The number of hydrogen-bond acceptors (Lipinski definition) is 3. The molecule has 0 radical (unpaired) electrons. The van der Waals surface area contributed by atoms with Crippen molar-refractivity contribution in [3.8, 4) is 0 Å². The van der Waals surface area contributed by atoms with Crippen LogP contribution in [0.2, 0.25) is 10.3 Å². The highest BCUT2D eigenvalue weighted by Crippen LogP contribution is 2.24. The maximum Gasteiger partial charge on any atom is 0.197 e. The lowest BCUT2D eigenvalue weighted by Crippen LogP contribution is -1.97. The van der Waals surface area contributed by atoms with Gasteiger partial charge in [0.25, 0.3) is 0 Å². The average molecular weight is 307 g/mol. The summed E-state index contributed by atoms with van der Waals surface area (Å²) in [6, 6.07) is 5.97. The summed E-state index contributed by atoms with van der Waals surface area (Å²) >= 11 is 12.5. The zero-order valence-electron chi connectivity index (χ0n) is 8.83. The monoisotopic (exact) mass is 306 g/mol. The second kappa shape index (κ2) is 5.82. The second-order valence-electron chi connectivity index (χ2n) is 3.28. The predicted molar refractivity (Wildman–Crippen MR) is 68.0 cm³/mol. The molecule has 0 atom stereocenters. The number of hydrogen-bond donors (Lipinski definition) is 0. The largest absolute Gasteiger partial charge is 0.217 e. The van der Waals surface area contributed by atoms with Gasteiger partial charge in [-0.1, -0.05) is 23.2 Å². The highest BCUT2D eigenvalue weighted by molar-refractivity contribution is 7.98. The smallest absolute Gasteiger partial charge is 0.197 e. The van der Waals surface area contributed by atoms with Gasteiger partial charge in [-0.2, -0.15) is 0 Å². The van der Waals surface area contributed by atoms with Crippen LogP contribution in [0.15, 0.2) is 29.2 Å². The molecule has 2 nitrogen and oxygen atoms in total. The first kappa shape index (κ1) is 13.5. The Morgan fingerprint density at radius 3 is 2.11 bits per heavy atom. The van der Waals surface area contributed by atoms with Gasteiger partial charge in [0.05, 0.1) is 5.75 Å². The molecular formula is C11H6Cl2F2N2S. The van der Waals surface area contributed by atoms with Gasteiger partial charge >= 0.3 is 0 Å². The standard InChI is InChI=1S/C11H6Cl2F2N2S/c12-10-9(15)11(13)17-8(16-10)5-18-7-3-1-6(14)2-4-7/h1-4H,5H2. The van der Waals surface area contributed by atoms with Crippen molar-refractivity contribution >= 4 is 35.0 Å². The molecule has 94 valence electrons. The SMILES string of the molecule is Fc1ccc(SCc2nc(Cl)c(F)c(Cl)n2)cc1. The number of thioether (sulfide) groups is 1. The Morgan fingerprint density at radius 2 is 1.56 bits per heavy atom. The molecule has 0 N–H and O–H groups in total. The molecule has 0 bridgehead atoms. The van der Waals surface area contributed by atoms with Gasteiger partial charge in [-0.15, -0.1) is 11.8 Å². The summed E-state index contributed by atoms with van der Waals surface area (Å²) in [4.78, 5) is 8.38. The molecule has 0 aliphatic rings. The predicted octanol–water partition coefficient (Wildman–Crippen LogP) is 4.35. The molecule has 0 amide bonds. The summed E-state index contributed by atoms with van der Waals surface area (Å²) in [5.41, 5.74) is 0. The molecule has 0 fully saturated rings. The van der Waals surface area contributed by atoms with Gasteiger partial charge < -0.3 is 0 Å². The zero-order valence-corrected chi connectivity index (χ0v) is 11.2. The third kappa shape index (κ3) is 3.31. The molecule has 18 heavy (non-hydrogen) atoms. The van der Waals surface area contributed by atoms with Crippen molar-refractivity contribution in [1.82, 2.24) is 9.97 Å². The number of nitrogens with zero attached hydrogens (tertiary/aromatic N) is 2. The van der Waals surface area contributed by atoms with Crippen molar-refractivity contribution in [2.24, 2.45) is 0 Å². The van der Waals surface area contributed by atoms with E-state index in [4.69, 9.17) is 23.2 Å². The lowest BCUT2D eigenvalue weighted by molar-refractivity contribution is 0.611. The summed E-state index contributed by atoms with van der Waals surface area (Å²) in [6.45, 7) is 0. The summed E-state index contributed by atoms with van der Waals surface area (Å²) in [7, 11) is 0. The molecular weight excluding hydrogens is 301 g/mol. The van der Waals surface area contributed by atoms with Gasteiger partial charge in [0.1, 0.15) is 11.6 Å². The fraction of sp³-hybridized carbons (Fsp3) is 0.0909. The first-order valence-electron chi connectivity index (χ1n) is 4.82. The van der Waals surface area contributed by atoms with Crippen LogP contribution < -0.4 is 0 Å². The zero-order chi connectivity index (χ0) is 13.1. The number of halogens is 4. The van der Waals surface area contributed by atoms with Crippen molar-refractivity contribution in [2.45, 2.75) is 10.6 Å². The first-order valence-corrected chi connectivity index (χ1v) is 6.56. The molecule has 1 aromatic carbocycles. The van der Waals surface area contributed by atoms with Crippen LogP contribution in [-0.2, 0) is 5.75 Å². The minimum atomic E-state index is -0.825. The topological polar surface area (TPSA) is 25.8 Å². The van der Waals surface area contributed by atoms with Gasteiger partial charge in [0.2, 0.25) is 0 Å². The van der Waals surface area contributed by atoms with E-state index < -0.39 is 5.82 Å². The average Bonchev–Trinajstić information content (AvgIpc) is 2.35. The van der Waals surface area contributed by atoms with Gasteiger partial charge in [-0.3, -0.25) is 0 Å². The van der Waals surface area contributed by atoms with Crippen LogP contribution in [0.5, 0.6) is 0 Å². The molecule has 0 saturated heterocycles. The lowest BCUT2D eigenvalue weighted by atomic mass is 10.4. The van der Waals surface area contributed by atoms with E-state index in [9.17, 15) is 8.78 Å². The van der Waals surface area contributed by atoms with Crippen LogP contribution in [0.25, 0.3) is 0 Å². The van der Waals surface area contributed by atoms with Crippen LogP contribution >= 0.6 is 35.0 Å². The number of aromatic nitrogens is 2. The van der Waals surface area contributed by atoms with Gasteiger partial charge in [0, 0.05) is 4.90 Å². The maximum absolute atomic E-state index is 13.1. The van der Waals surface area contributed by atoms with Crippen LogP contribution in [-0.4, -0.2) is 9.97 Å². The highest BCUT2D eigenvalue weighted by atomic mass is 35.5. The lowest BCUT2D eigenvalue weighted by Gasteiger charge is -2.03. The Bertz CT molecular complexity index is 540. The minimum Gasteiger partial charge on any atom is -0.217 e. The molecule has 2 aromatic rings. The van der Waals surface area contributed by atoms with Crippen molar-refractivity contribution in [1.29, 1.82) is 0 Å². The summed E-state index contributed by atoms with van der Waals surface area (Å²) in [6.07, 6.45) is 0. The van der Waals surface area contributed by atoms with E-state index in [0.29, 0.717) is 11.6 Å². The molecule has 0 aliphatic heterocycles. The van der Waals surface area contributed by atoms with Crippen LogP contribution in [0.3, 0.4) is 0 Å². The summed E-state index contributed by atoms with van der Waals surface area (Å²) < 4.78 is 25.8. The first-order chi connectivity index (χ1) is 8.56. The molecule has 0 aliphatic carbocycles. The number of benzene rings is 1. The molecule has 1 aromatic heterocycles. The third-order valence-corrected chi connectivity index (χ3v) is 3.51. The van der Waals surface area contributed by atoms with Crippen LogP contribution in [0.1, 0.15) is 5.82 Å². The van der Waals surface area contributed by atoms with Crippen molar-refractivity contribution in [3.05, 3.63) is 52.0 Å². The minimum absolute atomic E-state index is 0.301. The normalized spacial score (nSPS) is 10.7. The molecule has 7 heteroatoms. The Morgan fingerprint density at radius 1 is 1.00 bits per heavy atom. The Kier molecular flexibility index (Phi) is 4.37. The second-order valence-corrected chi connectivity index (χ2v) is 5.04. The van der Waals surface area contributed by atoms with E-state index in [0.717, 1.165) is 4.90 Å². The van der Waals surface area contributed by atoms with Crippen molar-refractivity contribution < 1.29 is 8.78 Å². The fourth-order valence-electron chi connectivity index (χ4n) is 1.18. The summed E-state index contributed by atoms with van der Waals surface area (Å²) in [5.74, 6) is -0.441. The third-order valence-electron chi connectivity index (χ3n) is 2.00. The molecule has 0 saturated carbocycles. The van der Waals surface area contributed by atoms with Crippen molar-refractivity contribution in [3.63, 3.8) is 0 Å². The molecule has 1 heterocycles. The van der Waals surface area contributed by atoms with E-state index in [-0.39, 0.29) is 16.1 Å². The Labute approximate surface area is 116 Å². The highest BCUT2D eigenvalue weighted by Gasteiger charge is 2.11. The van der Waals surface area contributed by atoms with Gasteiger partial charge in [0.15, 0.2) is 16.1 Å². The van der Waals surface area contributed by atoms with Crippen LogP contribution in [0.4, 0.5) is 8.78 Å². The van der Waals surface area contributed by atoms with E-state index in [1.807, 2.05) is 0 Å². The fourth-order valence-corrected chi connectivity index (χ4v) is 2.35. The molecule has 2 rings (SSSR count). The quantitative estimate of drug-likeness (QED) is 0.622. The summed E-state index contributed by atoms with van der Waals surface area (Å²) in [5, 5.41) is -0.602. The van der Waals surface area contributed by atoms with Gasteiger partial charge in [-0.05, 0) is 24.3 Å². The Balaban J connectivity index is 2.08. The van der Waals surface area contributed by atoms with Crippen LogP contribution in [0, 0.1) is 11.6 Å². The maximum atomic E-state index is 13.1. The van der Waals surface area contributed by atoms with E-state index in [1.54, 1.807) is 12.1 Å². The van der Waals surface area contributed by atoms with Gasteiger partial charge in [-0.25, -0.2) is 18.7 Å². The Hall–Kier alpha value is -0.910. The van der Waals surface area contributed by atoms with E-state index in [1.165, 1.54) is 23.9 Å².